The molecule has 0 aliphatic carbocycles. The first-order chi connectivity index (χ1) is 8.41. The Labute approximate surface area is 107 Å². The maximum atomic E-state index is 12.0. The fourth-order valence-corrected chi connectivity index (χ4v) is 2.14. The molecule has 0 aliphatic rings. The smallest absolute Gasteiger partial charge is 0.307 e. The van der Waals surface area contributed by atoms with Crippen molar-refractivity contribution in [2.45, 2.75) is 46.5 Å². The van der Waals surface area contributed by atoms with Crippen LogP contribution in [0.4, 0.5) is 0 Å². The molecular formula is C12H21NO5. The zero-order chi connectivity index (χ0) is 14.2. The van der Waals surface area contributed by atoms with E-state index in [1.807, 2.05) is 6.92 Å². The molecule has 0 bridgehead atoms. The highest BCUT2D eigenvalue weighted by atomic mass is 16.6. The molecule has 0 saturated heterocycles. The Kier molecular flexibility index (Phi) is 7.16. The van der Waals surface area contributed by atoms with Gasteiger partial charge < -0.3 is 4.74 Å². The van der Waals surface area contributed by atoms with Gasteiger partial charge in [-0.15, -0.1) is 0 Å². The van der Waals surface area contributed by atoms with E-state index in [1.54, 1.807) is 13.8 Å². The number of nitro groups is 1. The second kappa shape index (κ2) is 7.79. The molecule has 0 heterocycles. The van der Waals surface area contributed by atoms with E-state index in [0.717, 1.165) is 0 Å². The van der Waals surface area contributed by atoms with Crippen LogP contribution in [0.15, 0.2) is 0 Å². The number of hydrogen-bond donors (Lipinski definition) is 0. The average molecular weight is 259 g/mol. The van der Waals surface area contributed by atoms with Crippen LogP contribution >= 0.6 is 0 Å². The van der Waals surface area contributed by atoms with Gasteiger partial charge in [-0.2, -0.15) is 0 Å². The summed E-state index contributed by atoms with van der Waals surface area (Å²) >= 11 is 0. The largest absolute Gasteiger partial charge is 0.466 e. The van der Waals surface area contributed by atoms with Crippen LogP contribution in [-0.2, 0) is 14.3 Å². The van der Waals surface area contributed by atoms with E-state index in [0.29, 0.717) is 12.8 Å². The summed E-state index contributed by atoms with van der Waals surface area (Å²) in [6, 6.07) is 0. The lowest BCUT2D eigenvalue weighted by Crippen LogP contribution is -2.40. The molecule has 0 aromatic carbocycles. The normalized spacial score (nSPS) is 13.7. The first-order valence-corrected chi connectivity index (χ1v) is 6.22. The summed E-state index contributed by atoms with van der Waals surface area (Å²) in [6.45, 7) is 4.85. The van der Waals surface area contributed by atoms with Gasteiger partial charge in [0.25, 0.3) is 0 Å². The molecule has 0 aliphatic heterocycles. The Hall–Kier alpha value is -1.46. The van der Waals surface area contributed by atoms with Crippen LogP contribution < -0.4 is 0 Å². The monoisotopic (exact) mass is 259 g/mol. The van der Waals surface area contributed by atoms with Crippen LogP contribution in [0.5, 0.6) is 0 Å². The van der Waals surface area contributed by atoms with Crippen LogP contribution in [0.3, 0.4) is 0 Å². The lowest BCUT2D eigenvalue weighted by atomic mass is 9.75. The predicted octanol–water partition coefficient (Wildman–Crippen LogP) is 1.98. The standard InChI is InChI=1S/C12H21NO5/c1-4-7-12(9-13(16)17,10(14)5-2)8-11(15)18-6-3/h4-9H2,1-3H3. The van der Waals surface area contributed by atoms with Crippen LogP contribution in [0.25, 0.3) is 0 Å². The summed E-state index contributed by atoms with van der Waals surface area (Å²) in [5, 5.41) is 10.8. The fourth-order valence-electron chi connectivity index (χ4n) is 2.14. The second-order valence-electron chi connectivity index (χ2n) is 4.28. The van der Waals surface area contributed by atoms with Gasteiger partial charge in [0, 0.05) is 11.3 Å². The van der Waals surface area contributed by atoms with Crippen molar-refractivity contribution in [1.29, 1.82) is 0 Å². The molecule has 6 nitrogen and oxygen atoms in total. The maximum absolute atomic E-state index is 12.0. The van der Waals surface area contributed by atoms with Gasteiger partial charge >= 0.3 is 5.97 Å². The van der Waals surface area contributed by atoms with Crippen molar-refractivity contribution in [3.63, 3.8) is 0 Å². The molecule has 0 radical (unpaired) electrons. The zero-order valence-corrected chi connectivity index (χ0v) is 11.2. The molecule has 0 spiro atoms. The molecule has 0 amide bonds. The highest BCUT2D eigenvalue weighted by Gasteiger charge is 2.43. The number of carbonyl (C=O) groups is 2. The van der Waals surface area contributed by atoms with Crippen LogP contribution in [0.1, 0.15) is 46.5 Å². The highest BCUT2D eigenvalue weighted by molar-refractivity contribution is 5.88. The number of ether oxygens (including phenoxy) is 1. The van der Waals surface area contributed by atoms with Crippen LogP contribution in [0.2, 0.25) is 0 Å². The van der Waals surface area contributed by atoms with E-state index in [1.165, 1.54) is 0 Å². The molecule has 0 saturated carbocycles. The molecule has 104 valence electrons. The third-order valence-electron chi connectivity index (χ3n) is 2.86. The fraction of sp³-hybridized carbons (Fsp3) is 0.833. The predicted molar refractivity (Wildman–Crippen MR) is 65.8 cm³/mol. The van der Waals surface area contributed by atoms with Gasteiger partial charge in [-0.25, -0.2) is 0 Å². The number of Topliss-reactive ketones (excluding diaryl/α,β-unsaturated/α-hetero) is 1. The van der Waals surface area contributed by atoms with Crippen molar-refractivity contribution in [3.05, 3.63) is 10.1 Å². The topological polar surface area (TPSA) is 86.5 Å². The Morgan fingerprint density at radius 2 is 1.89 bits per heavy atom. The van der Waals surface area contributed by atoms with Gasteiger partial charge in [-0.3, -0.25) is 19.7 Å². The molecule has 0 N–H and O–H groups in total. The Morgan fingerprint density at radius 3 is 2.28 bits per heavy atom. The van der Waals surface area contributed by atoms with Crippen LogP contribution in [0, 0.1) is 15.5 Å². The molecule has 0 aromatic rings. The van der Waals surface area contributed by atoms with E-state index in [9.17, 15) is 19.7 Å². The van der Waals surface area contributed by atoms with Gasteiger partial charge in [0.05, 0.1) is 13.0 Å². The minimum Gasteiger partial charge on any atom is -0.466 e. The van der Waals surface area contributed by atoms with Crippen molar-refractivity contribution >= 4 is 11.8 Å². The SMILES string of the molecule is CCCC(CC(=O)OCC)(C[N+](=O)[O-])C(=O)CC. The van der Waals surface area contributed by atoms with E-state index in [-0.39, 0.29) is 25.2 Å². The molecule has 18 heavy (non-hydrogen) atoms. The van der Waals surface area contributed by atoms with E-state index in [2.05, 4.69) is 0 Å². The summed E-state index contributed by atoms with van der Waals surface area (Å²) in [5.41, 5.74) is -1.21. The summed E-state index contributed by atoms with van der Waals surface area (Å²) in [7, 11) is 0. The molecular weight excluding hydrogens is 238 g/mol. The van der Waals surface area contributed by atoms with Gasteiger partial charge in [0.2, 0.25) is 6.54 Å². The Bertz CT molecular complexity index is 316. The lowest BCUT2D eigenvalue weighted by molar-refractivity contribution is -0.494. The lowest BCUT2D eigenvalue weighted by Gasteiger charge is -2.26. The number of esters is 1. The van der Waals surface area contributed by atoms with Gasteiger partial charge in [0.1, 0.15) is 11.2 Å². The summed E-state index contributed by atoms with van der Waals surface area (Å²) in [5.74, 6) is -0.788. The molecule has 0 rings (SSSR count). The average Bonchev–Trinajstić information content (AvgIpc) is 2.27. The van der Waals surface area contributed by atoms with Crippen molar-refractivity contribution < 1.29 is 19.2 Å². The number of nitrogens with zero attached hydrogens (tertiary/aromatic N) is 1. The number of hydrogen-bond acceptors (Lipinski definition) is 5. The zero-order valence-electron chi connectivity index (χ0n) is 11.2. The quantitative estimate of drug-likeness (QED) is 0.359. The maximum Gasteiger partial charge on any atom is 0.307 e. The number of ketones is 1. The van der Waals surface area contributed by atoms with Crippen molar-refractivity contribution in [1.82, 2.24) is 0 Å². The van der Waals surface area contributed by atoms with Gasteiger partial charge in [-0.05, 0) is 13.3 Å². The minimum absolute atomic E-state index is 0.188. The summed E-state index contributed by atoms with van der Waals surface area (Å²) in [6.07, 6.45) is 0.925. The Morgan fingerprint density at radius 1 is 1.28 bits per heavy atom. The molecule has 1 unspecified atom stereocenters. The first kappa shape index (κ1) is 16.5. The minimum atomic E-state index is -1.21. The van der Waals surface area contributed by atoms with E-state index < -0.39 is 22.9 Å². The van der Waals surface area contributed by atoms with E-state index in [4.69, 9.17) is 4.74 Å². The highest BCUT2D eigenvalue weighted by Crippen LogP contribution is 2.31. The first-order valence-electron chi connectivity index (χ1n) is 6.22. The van der Waals surface area contributed by atoms with Crippen LogP contribution in [-0.4, -0.2) is 29.8 Å². The summed E-state index contributed by atoms with van der Waals surface area (Å²) in [4.78, 5) is 33.8. The third kappa shape index (κ3) is 4.81. The second-order valence-corrected chi connectivity index (χ2v) is 4.28. The third-order valence-corrected chi connectivity index (χ3v) is 2.86. The van der Waals surface area contributed by atoms with Crippen molar-refractivity contribution in [2.75, 3.05) is 13.2 Å². The van der Waals surface area contributed by atoms with E-state index >= 15 is 0 Å². The van der Waals surface area contributed by atoms with Crippen molar-refractivity contribution in [3.8, 4) is 0 Å². The molecule has 0 fully saturated rings. The molecule has 6 heteroatoms. The Balaban J connectivity index is 5.11. The summed E-state index contributed by atoms with van der Waals surface area (Å²) < 4.78 is 4.81. The molecule has 1 atom stereocenters. The number of rotatable bonds is 9. The van der Waals surface area contributed by atoms with Crippen molar-refractivity contribution in [2.24, 2.45) is 5.41 Å². The van der Waals surface area contributed by atoms with Gasteiger partial charge in [0.15, 0.2) is 0 Å². The van der Waals surface area contributed by atoms with Gasteiger partial charge in [-0.1, -0.05) is 20.3 Å². The number of carbonyl (C=O) groups excluding carboxylic acids is 2. The molecule has 0 aromatic heterocycles.